The van der Waals surface area contributed by atoms with Crippen LogP contribution in [-0.4, -0.2) is 38.0 Å². The van der Waals surface area contributed by atoms with E-state index in [1.807, 2.05) is 0 Å². The molecule has 7 nitrogen and oxygen atoms in total. The molecule has 0 radical (unpaired) electrons. The summed E-state index contributed by atoms with van der Waals surface area (Å²) in [5, 5.41) is 5.79. The molecule has 1 fully saturated rings. The Kier molecular flexibility index (Phi) is 6.29. The minimum absolute atomic E-state index is 0.0261. The molecule has 1 amide bonds. The predicted octanol–water partition coefficient (Wildman–Crippen LogP) is 2.91. The summed E-state index contributed by atoms with van der Waals surface area (Å²) in [5.74, 6) is -0.506. The summed E-state index contributed by atoms with van der Waals surface area (Å²) in [7, 11) is -2.32. The number of aromatic nitrogens is 1. The van der Waals surface area contributed by atoms with Crippen molar-refractivity contribution in [3.8, 4) is 17.0 Å². The molecule has 1 heterocycles. The lowest BCUT2D eigenvalue weighted by Gasteiger charge is -2.13. The Labute approximate surface area is 186 Å². The molecule has 0 unspecified atom stereocenters. The highest BCUT2D eigenvalue weighted by atomic mass is 32.2. The lowest BCUT2D eigenvalue weighted by Crippen LogP contribution is -2.30. The van der Waals surface area contributed by atoms with Crippen LogP contribution in [0.3, 0.4) is 0 Å². The van der Waals surface area contributed by atoms with Crippen LogP contribution in [0.5, 0.6) is 5.75 Å². The maximum absolute atomic E-state index is 14.5. The molecule has 0 spiro atoms. The standard InChI is InChI=1S/C23H24FN3O4S/c1-25-13-16-11-22(20-7-2-3-8-21(20)24)27(14-16)32(29,30)19-6-4-5-18(12-19)31-15-23(28)26-17-9-10-17/h2-8,11-12,14,17,25H,9-10,13,15H2,1H3,(H,26,28). The van der Waals surface area contributed by atoms with E-state index in [1.54, 1.807) is 37.4 Å². The van der Waals surface area contributed by atoms with Gasteiger partial charge in [-0.05, 0) is 55.8 Å². The maximum Gasteiger partial charge on any atom is 0.268 e. The van der Waals surface area contributed by atoms with Crippen molar-refractivity contribution in [1.29, 1.82) is 0 Å². The van der Waals surface area contributed by atoms with Crippen molar-refractivity contribution in [3.05, 3.63) is 72.2 Å². The third-order valence-electron chi connectivity index (χ3n) is 5.05. The molecular formula is C23H24FN3O4S. The van der Waals surface area contributed by atoms with Crippen LogP contribution < -0.4 is 15.4 Å². The first kappa shape index (κ1) is 22.0. The molecule has 1 saturated carbocycles. The SMILES string of the molecule is CNCc1cc(-c2ccccc2F)n(S(=O)(=O)c2cccc(OCC(=O)NC3CC3)c2)c1. The largest absolute Gasteiger partial charge is 0.484 e. The lowest BCUT2D eigenvalue weighted by molar-refractivity contribution is -0.123. The van der Waals surface area contributed by atoms with E-state index >= 15 is 0 Å². The number of hydrogen-bond acceptors (Lipinski definition) is 5. The number of carbonyl (C=O) groups is 1. The van der Waals surface area contributed by atoms with Crippen LogP contribution >= 0.6 is 0 Å². The third-order valence-corrected chi connectivity index (χ3v) is 6.72. The van der Waals surface area contributed by atoms with Gasteiger partial charge in [0.1, 0.15) is 11.6 Å². The van der Waals surface area contributed by atoms with E-state index in [1.165, 1.54) is 30.5 Å². The minimum atomic E-state index is -4.06. The second-order valence-electron chi connectivity index (χ2n) is 7.65. The normalized spacial score (nSPS) is 13.7. The van der Waals surface area contributed by atoms with Crippen molar-refractivity contribution in [2.24, 2.45) is 0 Å². The number of amides is 1. The molecule has 9 heteroatoms. The van der Waals surface area contributed by atoms with Crippen molar-refractivity contribution in [3.63, 3.8) is 0 Å². The Morgan fingerprint density at radius 1 is 1.16 bits per heavy atom. The topological polar surface area (TPSA) is 89.4 Å². The molecule has 1 aromatic heterocycles. The highest BCUT2D eigenvalue weighted by Crippen LogP contribution is 2.30. The molecular weight excluding hydrogens is 433 g/mol. The van der Waals surface area contributed by atoms with Crippen molar-refractivity contribution in [1.82, 2.24) is 14.6 Å². The summed E-state index contributed by atoms with van der Waals surface area (Å²) in [6, 6.07) is 13.8. The molecule has 168 valence electrons. The fourth-order valence-corrected chi connectivity index (χ4v) is 4.77. The average Bonchev–Trinajstić information content (AvgIpc) is 3.49. The molecule has 0 saturated heterocycles. The fourth-order valence-electron chi connectivity index (χ4n) is 3.35. The van der Waals surface area contributed by atoms with Gasteiger partial charge >= 0.3 is 0 Å². The van der Waals surface area contributed by atoms with E-state index in [-0.39, 0.29) is 40.5 Å². The van der Waals surface area contributed by atoms with Crippen molar-refractivity contribution < 1.29 is 22.3 Å². The Bertz CT molecular complexity index is 1240. The van der Waals surface area contributed by atoms with E-state index < -0.39 is 15.8 Å². The third kappa shape index (κ3) is 4.84. The molecule has 32 heavy (non-hydrogen) atoms. The predicted molar refractivity (Wildman–Crippen MR) is 118 cm³/mol. The van der Waals surface area contributed by atoms with Gasteiger partial charge in [0.25, 0.3) is 15.9 Å². The summed E-state index contributed by atoms with van der Waals surface area (Å²) in [6.45, 7) is 0.222. The summed E-state index contributed by atoms with van der Waals surface area (Å²) in [5.41, 5.74) is 1.10. The molecule has 1 aliphatic rings. The van der Waals surface area contributed by atoms with E-state index in [0.29, 0.717) is 12.1 Å². The maximum atomic E-state index is 14.5. The first-order valence-electron chi connectivity index (χ1n) is 10.3. The monoisotopic (exact) mass is 457 g/mol. The zero-order chi connectivity index (χ0) is 22.7. The molecule has 0 atom stereocenters. The fraction of sp³-hybridized carbons (Fsp3) is 0.261. The van der Waals surface area contributed by atoms with Crippen LogP contribution in [0, 0.1) is 5.82 Å². The smallest absolute Gasteiger partial charge is 0.268 e. The average molecular weight is 458 g/mol. The number of rotatable bonds is 9. The Morgan fingerprint density at radius 2 is 1.94 bits per heavy atom. The van der Waals surface area contributed by atoms with Crippen molar-refractivity contribution >= 4 is 15.9 Å². The summed E-state index contributed by atoms with van der Waals surface area (Å²) >= 11 is 0. The van der Waals surface area contributed by atoms with Gasteiger partial charge in [0.05, 0.1) is 10.6 Å². The second kappa shape index (κ2) is 9.13. The van der Waals surface area contributed by atoms with Crippen LogP contribution in [0.15, 0.2) is 65.7 Å². The zero-order valence-corrected chi connectivity index (χ0v) is 18.4. The van der Waals surface area contributed by atoms with Gasteiger partial charge in [-0.25, -0.2) is 16.8 Å². The van der Waals surface area contributed by atoms with Crippen LogP contribution in [0.1, 0.15) is 18.4 Å². The number of carbonyl (C=O) groups excluding carboxylic acids is 1. The summed E-state index contributed by atoms with van der Waals surface area (Å²) < 4.78 is 48.0. The Balaban J connectivity index is 1.66. The van der Waals surface area contributed by atoms with E-state index in [0.717, 1.165) is 16.8 Å². The molecule has 4 rings (SSSR count). The van der Waals surface area contributed by atoms with Gasteiger partial charge < -0.3 is 15.4 Å². The van der Waals surface area contributed by atoms with Crippen LogP contribution in [0.2, 0.25) is 0 Å². The van der Waals surface area contributed by atoms with Crippen LogP contribution in [0.25, 0.3) is 11.3 Å². The van der Waals surface area contributed by atoms with E-state index in [9.17, 15) is 17.6 Å². The van der Waals surface area contributed by atoms with Gasteiger partial charge in [0.15, 0.2) is 6.61 Å². The molecule has 2 aromatic carbocycles. The van der Waals surface area contributed by atoms with Gasteiger partial charge in [-0.1, -0.05) is 18.2 Å². The molecule has 2 N–H and O–H groups in total. The minimum Gasteiger partial charge on any atom is -0.484 e. The first-order valence-corrected chi connectivity index (χ1v) is 11.7. The van der Waals surface area contributed by atoms with Gasteiger partial charge in [-0.3, -0.25) is 4.79 Å². The van der Waals surface area contributed by atoms with Crippen molar-refractivity contribution in [2.75, 3.05) is 13.7 Å². The lowest BCUT2D eigenvalue weighted by atomic mass is 10.1. The second-order valence-corrected chi connectivity index (χ2v) is 9.46. The quantitative estimate of drug-likeness (QED) is 0.516. The van der Waals surface area contributed by atoms with Gasteiger partial charge in [-0.15, -0.1) is 0 Å². The van der Waals surface area contributed by atoms with Gasteiger partial charge in [0.2, 0.25) is 0 Å². The number of ether oxygens (including phenoxy) is 1. The summed E-state index contributed by atoms with van der Waals surface area (Å²) in [4.78, 5) is 11.8. The van der Waals surface area contributed by atoms with Crippen LogP contribution in [0.4, 0.5) is 4.39 Å². The van der Waals surface area contributed by atoms with Gasteiger partial charge in [0, 0.05) is 30.4 Å². The number of halogens is 1. The molecule has 0 bridgehead atoms. The van der Waals surface area contributed by atoms with E-state index in [2.05, 4.69) is 10.6 Å². The highest BCUT2D eigenvalue weighted by molar-refractivity contribution is 7.90. The number of benzene rings is 2. The molecule has 0 aliphatic heterocycles. The zero-order valence-electron chi connectivity index (χ0n) is 17.5. The Morgan fingerprint density at radius 3 is 2.66 bits per heavy atom. The number of nitrogens with zero attached hydrogens (tertiary/aromatic N) is 1. The number of hydrogen-bond donors (Lipinski definition) is 2. The van der Waals surface area contributed by atoms with Crippen molar-refractivity contribution in [2.45, 2.75) is 30.3 Å². The van der Waals surface area contributed by atoms with Crippen LogP contribution in [-0.2, 0) is 21.4 Å². The molecule has 1 aliphatic carbocycles. The Hall–Kier alpha value is -3.17. The molecule has 3 aromatic rings. The first-order chi connectivity index (χ1) is 15.4. The number of nitrogens with one attached hydrogen (secondary N) is 2. The highest BCUT2D eigenvalue weighted by Gasteiger charge is 2.25. The van der Waals surface area contributed by atoms with Gasteiger partial charge in [-0.2, -0.15) is 0 Å². The summed E-state index contributed by atoms with van der Waals surface area (Å²) in [6.07, 6.45) is 3.41. The van der Waals surface area contributed by atoms with E-state index in [4.69, 9.17) is 4.74 Å².